The fraction of sp³-hybridized carbons (Fsp3) is 0.556. The Morgan fingerprint density at radius 1 is 0.744 bits per heavy atom. The largest absolute Gasteiger partial charge is 0.508 e. The maximum atomic E-state index is 13.4. The molecule has 43 heavy (non-hydrogen) atoms. The van der Waals surface area contributed by atoms with Gasteiger partial charge in [0, 0.05) is 12.8 Å². The minimum Gasteiger partial charge on any atom is -0.508 e. The average molecular weight is 643 g/mol. The van der Waals surface area contributed by atoms with E-state index in [2.05, 4.69) is 21.3 Å². The van der Waals surface area contributed by atoms with Gasteiger partial charge in [0.2, 0.25) is 29.5 Å². The summed E-state index contributed by atoms with van der Waals surface area (Å²) >= 11 is 2.85. The third-order valence-electron chi connectivity index (χ3n) is 6.20. The van der Waals surface area contributed by atoms with Crippen LogP contribution in [0.15, 0.2) is 24.3 Å². The molecule has 16 heteroatoms. The van der Waals surface area contributed by atoms with Crippen LogP contribution in [0, 0.1) is 0 Å². The molecule has 0 saturated heterocycles. The zero-order valence-electron chi connectivity index (χ0n) is 24.5. The van der Waals surface area contributed by atoms with Gasteiger partial charge in [-0.2, -0.15) is 23.5 Å². The highest BCUT2D eigenvalue weighted by Gasteiger charge is 2.31. The Hall–Kier alpha value is -3.50. The summed E-state index contributed by atoms with van der Waals surface area (Å²) in [5, 5.41) is 29.3. The maximum absolute atomic E-state index is 13.4. The predicted molar refractivity (Wildman–Crippen MR) is 165 cm³/mol. The lowest BCUT2D eigenvalue weighted by atomic mass is 10.0. The van der Waals surface area contributed by atoms with E-state index in [0.29, 0.717) is 17.1 Å². The lowest BCUT2D eigenvalue weighted by molar-refractivity contribution is -0.142. The molecule has 0 radical (unpaired) electrons. The Labute approximate surface area is 259 Å². The highest BCUT2D eigenvalue weighted by Crippen LogP contribution is 2.12. The Morgan fingerprint density at radius 2 is 1.19 bits per heavy atom. The second-order valence-corrected chi connectivity index (χ2v) is 11.8. The molecule has 0 heterocycles. The first-order valence-corrected chi connectivity index (χ1v) is 16.3. The molecule has 0 aliphatic rings. The quantitative estimate of drug-likeness (QED) is 0.0864. The number of hydrogen-bond acceptors (Lipinski definition) is 10. The van der Waals surface area contributed by atoms with Crippen molar-refractivity contribution >= 4 is 59.0 Å². The Balaban J connectivity index is 3.15. The molecule has 5 amide bonds. The molecule has 0 aromatic heterocycles. The number of rotatable bonds is 20. The molecule has 0 fully saturated rings. The van der Waals surface area contributed by atoms with Crippen LogP contribution in [0.3, 0.4) is 0 Å². The number of aliphatic carboxylic acids is 1. The number of carboxylic acids is 1. The summed E-state index contributed by atoms with van der Waals surface area (Å²) in [5.41, 5.74) is 11.4. The molecule has 0 unspecified atom stereocenters. The Bertz CT molecular complexity index is 1110. The van der Waals surface area contributed by atoms with Gasteiger partial charge in [0.15, 0.2) is 0 Å². The Morgan fingerprint density at radius 3 is 1.60 bits per heavy atom. The van der Waals surface area contributed by atoms with Gasteiger partial charge in [0.1, 0.15) is 29.9 Å². The van der Waals surface area contributed by atoms with Crippen molar-refractivity contribution in [2.45, 2.75) is 69.2 Å². The first-order valence-electron chi connectivity index (χ1n) is 13.5. The van der Waals surface area contributed by atoms with E-state index in [9.17, 15) is 39.0 Å². The van der Waals surface area contributed by atoms with Crippen molar-refractivity contribution in [2.75, 3.05) is 24.0 Å². The van der Waals surface area contributed by atoms with Crippen molar-refractivity contribution in [3.05, 3.63) is 29.8 Å². The number of carboxylic acid groups (broad SMARTS) is 1. The van der Waals surface area contributed by atoms with E-state index in [1.54, 1.807) is 18.4 Å². The van der Waals surface area contributed by atoms with Crippen molar-refractivity contribution < 1.29 is 39.0 Å². The smallest absolute Gasteiger partial charge is 0.326 e. The lowest BCUT2D eigenvalue weighted by Gasteiger charge is -2.26. The summed E-state index contributed by atoms with van der Waals surface area (Å²) in [7, 11) is 0. The normalized spacial score (nSPS) is 14.3. The van der Waals surface area contributed by atoms with Gasteiger partial charge in [0.25, 0.3) is 0 Å². The van der Waals surface area contributed by atoms with Crippen molar-refractivity contribution in [2.24, 2.45) is 11.5 Å². The molecule has 1 aromatic carbocycles. The lowest BCUT2D eigenvalue weighted by Crippen LogP contribution is -2.58. The van der Waals surface area contributed by atoms with Crippen molar-refractivity contribution in [3.8, 4) is 5.75 Å². The summed E-state index contributed by atoms with van der Waals surface area (Å²) in [5.74, 6) is -3.80. The van der Waals surface area contributed by atoms with Crippen molar-refractivity contribution in [1.29, 1.82) is 0 Å². The van der Waals surface area contributed by atoms with Gasteiger partial charge < -0.3 is 42.9 Å². The van der Waals surface area contributed by atoms with E-state index >= 15 is 0 Å². The summed E-state index contributed by atoms with van der Waals surface area (Å²) < 4.78 is 0. The van der Waals surface area contributed by atoms with E-state index in [0.717, 1.165) is 0 Å². The summed E-state index contributed by atoms with van der Waals surface area (Å²) in [6, 6.07) is 0.435. The van der Waals surface area contributed by atoms with Crippen LogP contribution in [0.25, 0.3) is 0 Å². The monoisotopic (exact) mass is 642 g/mol. The molecular weight excluding hydrogens is 600 g/mol. The van der Waals surface area contributed by atoms with Crippen LogP contribution in [0.1, 0.15) is 38.2 Å². The van der Waals surface area contributed by atoms with E-state index in [4.69, 9.17) is 11.5 Å². The van der Waals surface area contributed by atoms with Gasteiger partial charge in [-0.15, -0.1) is 0 Å². The van der Waals surface area contributed by atoms with Crippen molar-refractivity contribution in [1.82, 2.24) is 21.3 Å². The standard InChI is InChI=1S/C27H42N6O8S2/c1-15(28)23(36)33-21(14-16-4-6-17(34)7-5-16)26(39)31-18(10-12-42-2)24(37)30-19(11-13-43-3)25(38)32-20(27(40)41)8-9-22(29)35/h4-7,15,18-21,34H,8-14,28H2,1-3H3,(H2,29,35)(H,30,37)(H,31,39)(H,32,38)(H,33,36)(H,40,41)/t15-,18-,19-,20-,21-/m0/s1. The number of phenolic OH excluding ortho intramolecular Hbond substituents is 1. The van der Waals surface area contributed by atoms with Crippen LogP contribution in [-0.2, 0) is 35.2 Å². The molecule has 1 aromatic rings. The molecule has 10 N–H and O–H groups in total. The predicted octanol–water partition coefficient (Wildman–Crippen LogP) is -0.923. The molecule has 0 spiro atoms. The molecule has 5 atom stereocenters. The summed E-state index contributed by atoms with van der Waals surface area (Å²) in [6.07, 6.45) is 3.55. The maximum Gasteiger partial charge on any atom is 0.326 e. The topological polar surface area (TPSA) is 243 Å². The van der Waals surface area contributed by atoms with Crippen LogP contribution in [0.2, 0.25) is 0 Å². The van der Waals surface area contributed by atoms with Gasteiger partial charge in [-0.05, 0) is 67.9 Å². The van der Waals surface area contributed by atoms with E-state index in [1.807, 2.05) is 6.26 Å². The van der Waals surface area contributed by atoms with Crippen LogP contribution in [0.5, 0.6) is 5.75 Å². The first-order chi connectivity index (χ1) is 20.3. The minimum absolute atomic E-state index is 0.0285. The molecule has 1 rings (SSSR count). The number of thioether (sulfide) groups is 2. The van der Waals surface area contributed by atoms with Crippen LogP contribution >= 0.6 is 23.5 Å². The highest BCUT2D eigenvalue weighted by molar-refractivity contribution is 7.98. The molecule has 240 valence electrons. The van der Waals surface area contributed by atoms with Crippen LogP contribution < -0.4 is 32.7 Å². The number of primary amides is 1. The van der Waals surface area contributed by atoms with Gasteiger partial charge in [-0.25, -0.2) is 4.79 Å². The third kappa shape index (κ3) is 14.5. The number of nitrogens with two attached hydrogens (primary N) is 2. The molecule has 14 nitrogen and oxygen atoms in total. The number of amides is 5. The minimum atomic E-state index is -1.39. The molecular formula is C27H42N6O8S2. The van der Waals surface area contributed by atoms with E-state index < -0.39 is 65.7 Å². The average Bonchev–Trinajstić information content (AvgIpc) is 2.95. The molecule has 0 aliphatic heterocycles. The number of carbonyl (C=O) groups excluding carboxylic acids is 5. The fourth-order valence-corrected chi connectivity index (χ4v) is 4.69. The number of phenols is 1. The van der Waals surface area contributed by atoms with Gasteiger partial charge in [-0.3, -0.25) is 24.0 Å². The number of hydrogen-bond donors (Lipinski definition) is 8. The number of carbonyl (C=O) groups is 6. The zero-order chi connectivity index (χ0) is 32.5. The van der Waals surface area contributed by atoms with Crippen LogP contribution in [0.4, 0.5) is 0 Å². The second kappa shape index (κ2) is 19.6. The molecule has 0 aliphatic carbocycles. The third-order valence-corrected chi connectivity index (χ3v) is 7.49. The summed E-state index contributed by atoms with van der Waals surface area (Å²) in [6.45, 7) is 1.46. The van der Waals surface area contributed by atoms with Crippen LogP contribution in [-0.4, -0.2) is 99.9 Å². The zero-order valence-corrected chi connectivity index (χ0v) is 26.1. The van der Waals surface area contributed by atoms with E-state index in [1.165, 1.54) is 42.6 Å². The fourth-order valence-electron chi connectivity index (χ4n) is 3.75. The first kappa shape index (κ1) is 37.5. The second-order valence-electron chi connectivity index (χ2n) is 9.81. The number of aromatic hydroxyl groups is 1. The molecule has 0 bridgehead atoms. The number of nitrogens with one attached hydrogen (secondary N) is 4. The van der Waals surface area contributed by atoms with E-state index in [-0.39, 0.29) is 37.9 Å². The molecule has 0 saturated carbocycles. The summed E-state index contributed by atoms with van der Waals surface area (Å²) in [4.78, 5) is 75.0. The van der Waals surface area contributed by atoms with Gasteiger partial charge >= 0.3 is 5.97 Å². The van der Waals surface area contributed by atoms with Gasteiger partial charge in [-0.1, -0.05) is 12.1 Å². The van der Waals surface area contributed by atoms with Crippen molar-refractivity contribution in [3.63, 3.8) is 0 Å². The Kier molecular flexibility index (Phi) is 17.1. The highest BCUT2D eigenvalue weighted by atomic mass is 32.2. The SMILES string of the molecule is CSCC[C@H](NC(=O)[C@H](CCSC)NC(=O)[C@H](Cc1ccc(O)cc1)NC(=O)[C@H](C)N)C(=O)N[C@@H](CCC(N)=O)C(=O)O. The number of benzene rings is 1. The van der Waals surface area contributed by atoms with Gasteiger partial charge in [0.05, 0.1) is 6.04 Å².